The van der Waals surface area contributed by atoms with Crippen LogP contribution in [0.5, 0.6) is 11.5 Å². The molecule has 0 unspecified atom stereocenters. The molecule has 2 aromatic carbocycles. The number of thioether (sulfide) groups is 1. The number of allylic oxidation sites excluding steroid dienone is 1. The highest BCUT2D eigenvalue weighted by atomic mass is 32.2. The fourth-order valence-electron chi connectivity index (χ4n) is 3.14. The number of phenolic OH excluding ortho intramolecular Hbond substituents is 1. The number of benzene rings is 2. The molecule has 0 spiro atoms. The van der Waals surface area contributed by atoms with E-state index < -0.39 is 0 Å². The number of rotatable bonds is 10. The highest BCUT2D eigenvalue weighted by Crippen LogP contribution is 2.25. The molecule has 2 heterocycles. The maximum absolute atomic E-state index is 12.3. The molecule has 2 N–H and O–H groups in total. The molecular formula is C22H22N8O3S. The summed E-state index contributed by atoms with van der Waals surface area (Å²) < 4.78 is 8.69. The van der Waals surface area contributed by atoms with Gasteiger partial charge >= 0.3 is 0 Å². The number of hydrogen-bond acceptors (Lipinski definition) is 9. The quantitative estimate of drug-likeness (QED) is 0.153. The number of aromatic hydroxyl groups is 1. The van der Waals surface area contributed by atoms with E-state index in [1.807, 2.05) is 28.8 Å². The van der Waals surface area contributed by atoms with Crippen LogP contribution in [0.25, 0.3) is 11.0 Å². The molecule has 0 atom stereocenters. The van der Waals surface area contributed by atoms with Gasteiger partial charge in [0.2, 0.25) is 0 Å². The standard InChI is InChI=1S/C22H22N8O3S/c1-3-10-29-20(13-30-17-7-5-4-6-16(17)24-28-30)25-27-22(29)34-14-21(32)26-23-12-15-8-9-18(31)19(11-15)33-2/h3-9,11-12,31H,1,10,13-14H2,2H3,(H,26,32). The first-order valence-corrected chi connectivity index (χ1v) is 11.2. The number of fused-ring (bicyclic) bond motifs is 1. The van der Waals surface area contributed by atoms with Crippen molar-refractivity contribution in [2.45, 2.75) is 18.2 Å². The van der Waals surface area contributed by atoms with Crippen LogP contribution in [0.1, 0.15) is 11.4 Å². The van der Waals surface area contributed by atoms with Gasteiger partial charge in [-0.25, -0.2) is 10.1 Å². The molecular weight excluding hydrogens is 456 g/mol. The van der Waals surface area contributed by atoms with Crippen LogP contribution in [-0.4, -0.2) is 59.8 Å². The number of aromatic nitrogens is 6. The van der Waals surface area contributed by atoms with E-state index in [1.165, 1.54) is 31.2 Å². The summed E-state index contributed by atoms with van der Waals surface area (Å²) >= 11 is 1.24. The molecule has 2 aromatic heterocycles. The number of carbonyl (C=O) groups excluding carboxylic acids is 1. The average Bonchev–Trinajstić information content (AvgIpc) is 3.43. The summed E-state index contributed by atoms with van der Waals surface area (Å²) in [5.74, 6) is 0.821. The Kier molecular flexibility index (Phi) is 7.18. The van der Waals surface area contributed by atoms with Crippen LogP contribution in [0.3, 0.4) is 0 Å². The number of nitrogens with one attached hydrogen (secondary N) is 1. The Balaban J connectivity index is 1.38. The number of amides is 1. The van der Waals surface area contributed by atoms with Crippen LogP contribution in [0.4, 0.5) is 0 Å². The predicted octanol–water partition coefficient (Wildman–Crippen LogP) is 2.21. The molecule has 0 radical (unpaired) electrons. The van der Waals surface area contributed by atoms with E-state index in [4.69, 9.17) is 4.74 Å². The number of carbonyl (C=O) groups is 1. The maximum atomic E-state index is 12.3. The maximum Gasteiger partial charge on any atom is 0.250 e. The number of methoxy groups -OCH3 is 1. The van der Waals surface area contributed by atoms with E-state index in [2.05, 4.69) is 37.6 Å². The highest BCUT2D eigenvalue weighted by molar-refractivity contribution is 7.99. The Morgan fingerprint density at radius 2 is 2.12 bits per heavy atom. The fraction of sp³-hybridized carbons (Fsp3) is 0.182. The van der Waals surface area contributed by atoms with E-state index >= 15 is 0 Å². The predicted molar refractivity (Wildman–Crippen MR) is 128 cm³/mol. The summed E-state index contributed by atoms with van der Waals surface area (Å²) in [7, 11) is 1.46. The molecule has 0 fully saturated rings. The van der Waals surface area contributed by atoms with Gasteiger partial charge in [0.1, 0.15) is 12.1 Å². The SMILES string of the molecule is C=CCn1c(Cn2nnc3ccccc32)nnc1SCC(=O)NN=Cc1ccc(O)c(OC)c1. The number of hydrazone groups is 1. The van der Waals surface area contributed by atoms with E-state index in [0.717, 1.165) is 11.0 Å². The monoisotopic (exact) mass is 478 g/mol. The highest BCUT2D eigenvalue weighted by Gasteiger charge is 2.15. The lowest BCUT2D eigenvalue weighted by molar-refractivity contribution is -0.118. The van der Waals surface area contributed by atoms with Gasteiger partial charge in [0.25, 0.3) is 5.91 Å². The molecule has 0 saturated heterocycles. The summed E-state index contributed by atoms with van der Waals surface area (Å²) in [5.41, 5.74) is 4.84. The summed E-state index contributed by atoms with van der Waals surface area (Å²) in [6.07, 6.45) is 3.21. The van der Waals surface area contributed by atoms with Crippen LogP contribution < -0.4 is 10.2 Å². The summed E-state index contributed by atoms with van der Waals surface area (Å²) in [6.45, 7) is 4.67. The van der Waals surface area contributed by atoms with Crippen molar-refractivity contribution in [1.29, 1.82) is 0 Å². The number of para-hydroxylation sites is 1. The second kappa shape index (κ2) is 10.6. The van der Waals surface area contributed by atoms with E-state index in [-0.39, 0.29) is 17.4 Å². The lowest BCUT2D eigenvalue weighted by atomic mass is 10.2. The van der Waals surface area contributed by atoms with Crippen molar-refractivity contribution in [2.24, 2.45) is 5.10 Å². The molecule has 0 aliphatic carbocycles. The van der Waals surface area contributed by atoms with Crippen LogP contribution >= 0.6 is 11.8 Å². The fourth-order valence-corrected chi connectivity index (χ4v) is 3.90. The van der Waals surface area contributed by atoms with Crippen molar-refractivity contribution in [1.82, 2.24) is 35.2 Å². The third-order valence-electron chi connectivity index (χ3n) is 4.76. The lowest BCUT2D eigenvalue weighted by Crippen LogP contribution is -2.20. The van der Waals surface area contributed by atoms with Gasteiger partial charge in [-0.3, -0.25) is 4.79 Å². The molecule has 0 bridgehead atoms. The largest absolute Gasteiger partial charge is 0.504 e. The van der Waals surface area contributed by atoms with Gasteiger partial charge in [-0.1, -0.05) is 35.2 Å². The van der Waals surface area contributed by atoms with Crippen molar-refractivity contribution in [3.05, 3.63) is 66.5 Å². The average molecular weight is 479 g/mol. The first-order valence-electron chi connectivity index (χ1n) is 10.2. The van der Waals surface area contributed by atoms with Gasteiger partial charge in [-0.05, 0) is 35.9 Å². The third kappa shape index (κ3) is 5.23. The molecule has 1 amide bonds. The van der Waals surface area contributed by atoms with Gasteiger partial charge in [0.15, 0.2) is 22.5 Å². The summed E-state index contributed by atoms with van der Waals surface area (Å²) in [4.78, 5) is 12.3. The molecule has 4 rings (SSSR count). The first-order chi connectivity index (χ1) is 16.6. The molecule has 0 saturated carbocycles. The molecule has 12 heteroatoms. The summed E-state index contributed by atoms with van der Waals surface area (Å²) in [5, 5.41) is 31.1. The van der Waals surface area contributed by atoms with E-state index in [9.17, 15) is 9.90 Å². The Hall–Kier alpha value is -4.19. The van der Waals surface area contributed by atoms with Gasteiger partial charge in [-0.2, -0.15) is 5.10 Å². The van der Waals surface area contributed by atoms with Gasteiger partial charge in [-0.15, -0.1) is 21.9 Å². The van der Waals surface area contributed by atoms with Crippen molar-refractivity contribution in [3.63, 3.8) is 0 Å². The zero-order chi connectivity index (χ0) is 23.9. The Labute approximate surface area is 199 Å². The summed E-state index contributed by atoms with van der Waals surface area (Å²) in [6, 6.07) is 12.4. The van der Waals surface area contributed by atoms with Crippen molar-refractivity contribution < 1.29 is 14.6 Å². The normalized spacial score (nSPS) is 11.2. The van der Waals surface area contributed by atoms with E-state index in [0.29, 0.717) is 35.4 Å². The Morgan fingerprint density at radius 3 is 2.94 bits per heavy atom. The minimum absolute atomic E-state index is 0.0279. The third-order valence-corrected chi connectivity index (χ3v) is 5.72. The van der Waals surface area contributed by atoms with Gasteiger partial charge in [0, 0.05) is 6.54 Å². The number of phenols is 1. The zero-order valence-corrected chi connectivity index (χ0v) is 19.1. The molecule has 34 heavy (non-hydrogen) atoms. The number of hydrogen-bond donors (Lipinski definition) is 2. The first kappa shape index (κ1) is 23.0. The molecule has 11 nitrogen and oxygen atoms in total. The van der Waals surface area contributed by atoms with Crippen LogP contribution in [0.15, 0.2) is 65.4 Å². The minimum atomic E-state index is -0.302. The molecule has 0 aliphatic rings. The van der Waals surface area contributed by atoms with Crippen LogP contribution in [-0.2, 0) is 17.9 Å². The van der Waals surface area contributed by atoms with Gasteiger partial charge < -0.3 is 14.4 Å². The zero-order valence-electron chi connectivity index (χ0n) is 18.3. The number of ether oxygens (including phenoxy) is 1. The Bertz CT molecular complexity index is 1350. The van der Waals surface area contributed by atoms with Crippen LogP contribution in [0, 0.1) is 0 Å². The number of nitrogens with zero attached hydrogens (tertiary/aromatic N) is 7. The molecule has 4 aromatic rings. The van der Waals surface area contributed by atoms with Crippen molar-refractivity contribution in [2.75, 3.05) is 12.9 Å². The molecule has 0 aliphatic heterocycles. The van der Waals surface area contributed by atoms with Crippen molar-refractivity contribution in [3.8, 4) is 11.5 Å². The molecule has 174 valence electrons. The second-order valence-electron chi connectivity index (χ2n) is 7.05. The second-order valence-corrected chi connectivity index (χ2v) is 7.99. The van der Waals surface area contributed by atoms with E-state index in [1.54, 1.807) is 22.9 Å². The Morgan fingerprint density at radius 1 is 1.26 bits per heavy atom. The lowest BCUT2D eigenvalue weighted by Gasteiger charge is -2.08. The van der Waals surface area contributed by atoms with Crippen molar-refractivity contribution >= 4 is 34.9 Å². The smallest absolute Gasteiger partial charge is 0.250 e. The topological polar surface area (TPSA) is 132 Å². The van der Waals surface area contributed by atoms with Gasteiger partial charge in [0.05, 0.1) is 24.6 Å². The minimum Gasteiger partial charge on any atom is -0.504 e. The van der Waals surface area contributed by atoms with Crippen LogP contribution in [0.2, 0.25) is 0 Å².